The molecule has 0 atom stereocenters. The average Bonchev–Trinajstić information content (AvgIpc) is 2.59. The van der Waals surface area contributed by atoms with Crippen LogP contribution in [0, 0.1) is 0 Å². The Bertz CT molecular complexity index is 330. The molecule has 60 valence electrons. The first-order valence-corrected chi connectivity index (χ1v) is 3.52. The zero-order chi connectivity index (χ0) is 8.23. The molecule has 0 fully saturated rings. The summed E-state index contributed by atoms with van der Waals surface area (Å²) in [5.41, 5.74) is 0. The Kier molecular flexibility index (Phi) is 1.74. The minimum atomic E-state index is 0.683. The zero-order valence-electron chi connectivity index (χ0n) is 6.27. The molecule has 0 spiro atoms. The Balaban J connectivity index is 2.15. The van der Waals surface area contributed by atoms with Gasteiger partial charge in [-0.1, -0.05) is 0 Å². The molecule has 0 saturated carbocycles. The van der Waals surface area contributed by atoms with Gasteiger partial charge in [-0.3, -0.25) is 10.1 Å². The van der Waals surface area contributed by atoms with Crippen LogP contribution >= 0.6 is 0 Å². The summed E-state index contributed by atoms with van der Waals surface area (Å²) in [5, 5.41) is 6.40. The quantitative estimate of drug-likeness (QED) is 0.727. The van der Waals surface area contributed by atoms with Crippen molar-refractivity contribution in [3.63, 3.8) is 0 Å². The lowest BCUT2D eigenvalue weighted by Crippen LogP contribution is -1.81. The van der Waals surface area contributed by atoms with Crippen LogP contribution < -0.4 is 4.74 Å². The van der Waals surface area contributed by atoms with Crippen LogP contribution in [0.2, 0.25) is 0 Å². The minimum absolute atomic E-state index is 0.683. The predicted molar refractivity (Wildman–Crippen MR) is 42.9 cm³/mol. The van der Waals surface area contributed by atoms with E-state index in [0.717, 1.165) is 0 Å². The van der Waals surface area contributed by atoms with Gasteiger partial charge >= 0.3 is 0 Å². The number of H-pyrrole nitrogens is 1. The van der Waals surface area contributed by atoms with Crippen molar-refractivity contribution in [2.24, 2.45) is 0 Å². The average molecular weight is 161 g/mol. The lowest BCUT2D eigenvalue weighted by Gasteiger charge is -1.99. The van der Waals surface area contributed by atoms with Crippen LogP contribution in [0.3, 0.4) is 0 Å². The lowest BCUT2D eigenvalue weighted by atomic mass is 10.5. The number of aromatic nitrogens is 3. The SMILES string of the molecule is c1cncc(Oc2cn[nH]c2)c1. The van der Waals surface area contributed by atoms with E-state index in [2.05, 4.69) is 15.2 Å². The number of ether oxygens (including phenoxy) is 1. The summed E-state index contributed by atoms with van der Waals surface area (Å²) in [6.07, 6.45) is 6.62. The summed E-state index contributed by atoms with van der Waals surface area (Å²) >= 11 is 0. The fourth-order valence-electron chi connectivity index (χ4n) is 0.838. The highest BCUT2D eigenvalue weighted by atomic mass is 16.5. The van der Waals surface area contributed by atoms with Crippen molar-refractivity contribution in [1.29, 1.82) is 0 Å². The van der Waals surface area contributed by atoms with Crippen molar-refractivity contribution in [3.8, 4) is 11.5 Å². The molecule has 0 aromatic carbocycles. The van der Waals surface area contributed by atoms with Crippen LogP contribution in [0.25, 0.3) is 0 Å². The van der Waals surface area contributed by atoms with E-state index >= 15 is 0 Å². The van der Waals surface area contributed by atoms with Crippen LogP contribution in [0.4, 0.5) is 0 Å². The number of rotatable bonds is 2. The minimum Gasteiger partial charge on any atom is -0.452 e. The zero-order valence-corrected chi connectivity index (χ0v) is 6.27. The second-order valence-corrected chi connectivity index (χ2v) is 2.22. The van der Waals surface area contributed by atoms with Crippen molar-refractivity contribution < 1.29 is 4.74 Å². The van der Waals surface area contributed by atoms with Gasteiger partial charge in [0.1, 0.15) is 5.75 Å². The molecular weight excluding hydrogens is 154 g/mol. The van der Waals surface area contributed by atoms with E-state index in [0.29, 0.717) is 11.5 Å². The standard InChI is InChI=1S/C8H7N3O/c1-2-7(4-9-3-1)12-8-5-10-11-6-8/h1-6H,(H,10,11). The van der Waals surface area contributed by atoms with E-state index in [1.165, 1.54) is 0 Å². The monoisotopic (exact) mass is 161 g/mol. The largest absolute Gasteiger partial charge is 0.452 e. The fraction of sp³-hybridized carbons (Fsp3) is 0. The van der Waals surface area contributed by atoms with Crippen LogP contribution in [-0.4, -0.2) is 15.2 Å². The fourth-order valence-corrected chi connectivity index (χ4v) is 0.838. The van der Waals surface area contributed by atoms with Gasteiger partial charge in [0.05, 0.1) is 18.6 Å². The third kappa shape index (κ3) is 1.42. The molecule has 0 bridgehead atoms. The molecule has 0 aliphatic carbocycles. The first-order chi connectivity index (χ1) is 5.95. The van der Waals surface area contributed by atoms with Crippen molar-refractivity contribution in [2.45, 2.75) is 0 Å². The highest BCUT2D eigenvalue weighted by molar-refractivity contribution is 5.24. The van der Waals surface area contributed by atoms with E-state index in [4.69, 9.17) is 4.74 Å². The second-order valence-electron chi connectivity index (χ2n) is 2.22. The van der Waals surface area contributed by atoms with Crippen molar-refractivity contribution >= 4 is 0 Å². The summed E-state index contributed by atoms with van der Waals surface area (Å²) in [6, 6.07) is 3.65. The Labute approximate surface area is 69.2 Å². The molecule has 0 unspecified atom stereocenters. The summed E-state index contributed by atoms with van der Waals surface area (Å²) < 4.78 is 5.36. The maximum absolute atomic E-state index is 5.36. The lowest BCUT2D eigenvalue weighted by molar-refractivity contribution is 0.480. The molecule has 1 N–H and O–H groups in total. The van der Waals surface area contributed by atoms with Gasteiger partial charge in [-0.05, 0) is 12.1 Å². The molecule has 12 heavy (non-hydrogen) atoms. The predicted octanol–water partition coefficient (Wildman–Crippen LogP) is 1.60. The molecule has 0 amide bonds. The van der Waals surface area contributed by atoms with Gasteiger partial charge in [-0.2, -0.15) is 5.10 Å². The molecule has 2 rings (SSSR count). The first kappa shape index (κ1) is 6.84. The van der Waals surface area contributed by atoms with Gasteiger partial charge < -0.3 is 4.74 Å². The van der Waals surface area contributed by atoms with Crippen LogP contribution in [0.15, 0.2) is 36.9 Å². The molecule has 0 saturated heterocycles. The van der Waals surface area contributed by atoms with E-state index in [1.807, 2.05) is 12.1 Å². The maximum Gasteiger partial charge on any atom is 0.165 e. The molecule has 2 aromatic heterocycles. The van der Waals surface area contributed by atoms with Gasteiger partial charge in [-0.25, -0.2) is 0 Å². The summed E-state index contributed by atoms with van der Waals surface area (Å²) in [7, 11) is 0. The van der Waals surface area contributed by atoms with Crippen molar-refractivity contribution in [2.75, 3.05) is 0 Å². The number of pyridine rings is 1. The van der Waals surface area contributed by atoms with E-state index in [-0.39, 0.29) is 0 Å². The van der Waals surface area contributed by atoms with E-state index < -0.39 is 0 Å². The van der Waals surface area contributed by atoms with Gasteiger partial charge in [-0.15, -0.1) is 0 Å². The Morgan fingerprint density at radius 3 is 2.92 bits per heavy atom. The van der Waals surface area contributed by atoms with Crippen LogP contribution in [0.1, 0.15) is 0 Å². The Hall–Kier alpha value is -1.84. The third-order valence-electron chi connectivity index (χ3n) is 1.34. The number of aromatic amines is 1. The second kappa shape index (κ2) is 3.04. The Morgan fingerprint density at radius 2 is 2.25 bits per heavy atom. The third-order valence-corrected chi connectivity index (χ3v) is 1.34. The number of nitrogens with zero attached hydrogens (tertiary/aromatic N) is 2. The molecule has 2 aromatic rings. The normalized spacial score (nSPS) is 9.67. The van der Waals surface area contributed by atoms with Crippen molar-refractivity contribution in [3.05, 3.63) is 36.9 Å². The van der Waals surface area contributed by atoms with Gasteiger partial charge in [0.25, 0.3) is 0 Å². The first-order valence-electron chi connectivity index (χ1n) is 3.52. The smallest absolute Gasteiger partial charge is 0.165 e. The molecule has 0 aliphatic heterocycles. The number of hydrogen-bond acceptors (Lipinski definition) is 3. The Morgan fingerprint density at radius 1 is 1.25 bits per heavy atom. The summed E-state index contributed by atoms with van der Waals surface area (Å²) in [5.74, 6) is 1.39. The number of hydrogen-bond donors (Lipinski definition) is 1. The van der Waals surface area contributed by atoms with E-state index in [1.54, 1.807) is 24.8 Å². The van der Waals surface area contributed by atoms with E-state index in [9.17, 15) is 0 Å². The molecule has 0 aliphatic rings. The van der Waals surface area contributed by atoms with Crippen LogP contribution in [0.5, 0.6) is 11.5 Å². The maximum atomic E-state index is 5.36. The molecule has 4 heteroatoms. The summed E-state index contributed by atoms with van der Waals surface area (Å²) in [4.78, 5) is 3.91. The highest BCUT2D eigenvalue weighted by Gasteiger charge is 1.95. The van der Waals surface area contributed by atoms with Gasteiger partial charge in [0, 0.05) is 6.20 Å². The van der Waals surface area contributed by atoms with Crippen LogP contribution in [-0.2, 0) is 0 Å². The molecule has 2 heterocycles. The molecule has 4 nitrogen and oxygen atoms in total. The highest BCUT2D eigenvalue weighted by Crippen LogP contribution is 2.17. The van der Waals surface area contributed by atoms with Gasteiger partial charge in [0.2, 0.25) is 0 Å². The molecular formula is C8H7N3O. The number of nitrogens with one attached hydrogen (secondary N) is 1. The molecule has 0 radical (unpaired) electrons. The summed E-state index contributed by atoms with van der Waals surface area (Å²) in [6.45, 7) is 0. The topological polar surface area (TPSA) is 50.8 Å². The van der Waals surface area contributed by atoms with Crippen molar-refractivity contribution in [1.82, 2.24) is 15.2 Å². The van der Waals surface area contributed by atoms with Gasteiger partial charge in [0.15, 0.2) is 5.75 Å².